The smallest absolute Gasteiger partial charge is 0.0356 e. The molecule has 0 spiro atoms. The first-order chi connectivity index (χ1) is 7.93. The quantitative estimate of drug-likeness (QED) is 0.208. The maximum atomic E-state index is 6.05. The van der Waals surface area contributed by atoms with E-state index in [0.717, 1.165) is 0 Å². The molecule has 4 atom stereocenters. The second-order valence-corrected chi connectivity index (χ2v) is 4.37. The van der Waals surface area contributed by atoms with E-state index in [2.05, 4.69) is 0 Å². The summed E-state index contributed by atoms with van der Waals surface area (Å²) >= 11 is 0. The molecule has 0 radical (unpaired) electrons. The molecule has 0 bridgehead atoms. The Morgan fingerprint density at radius 1 is 0.529 bits per heavy atom. The van der Waals surface area contributed by atoms with Crippen LogP contribution in [0.4, 0.5) is 0 Å². The number of hydrogen-bond donors (Lipinski definition) is 8. The van der Waals surface area contributed by atoms with Crippen molar-refractivity contribution < 1.29 is 0 Å². The van der Waals surface area contributed by atoms with Crippen LogP contribution >= 0.6 is 0 Å². The molecule has 8 nitrogen and oxygen atoms in total. The standard InChI is InChI=1S/C9H28N8/c10-1-5(14)9(6(15)2-11,7(16)3-12)8(17)4-13/h5-8H,1-4,10-17H2. The SMILES string of the molecule is NCC(N)C(C(N)CN)(C(N)CN)C(N)CN. The highest BCUT2D eigenvalue weighted by atomic mass is 15.0. The topological polar surface area (TPSA) is 208 Å². The van der Waals surface area contributed by atoms with E-state index in [-0.39, 0.29) is 26.2 Å². The summed E-state index contributed by atoms with van der Waals surface area (Å²) in [6, 6.07) is -2.01. The molecule has 0 aliphatic heterocycles. The predicted molar refractivity (Wildman–Crippen MR) is 70.6 cm³/mol. The largest absolute Gasteiger partial charge is 0.329 e. The molecule has 4 unspecified atom stereocenters. The molecule has 0 saturated heterocycles. The fourth-order valence-electron chi connectivity index (χ4n) is 2.47. The molecule has 0 rings (SSSR count). The number of rotatable bonds is 8. The molecule has 0 saturated carbocycles. The highest BCUT2D eigenvalue weighted by Gasteiger charge is 2.49. The van der Waals surface area contributed by atoms with Crippen molar-refractivity contribution >= 4 is 0 Å². The zero-order valence-corrected chi connectivity index (χ0v) is 10.3. The molecule has 16 N–H and O–H groups in total. The normalized spacial score (nSPS) is 22.6. The molecule has 0 heterocycles. The van der Waals surface area contributed by atoms with Crippen LogP contribution in [0.25, 0.3) is 0 Å². The molecule has 8 heteroatoms. The van der Waals surface area contributed by atoms with Gasteiger partial charge in [-0.3, -0.25) is 0 Å². The molecule has 0 amide bonds. The van der Waals surface area contributed by atoms with Gasteiger partial charge in [-0.2, -0.15) is 0 Å². The summed E-state index contributed by atoms with van der Waals surface area (Å²) in [7, 11) is 0. The zero-order chi connectivity index (χ0) is 13.6. The molecule has 0 aromatic carbocycles. The van der Waals surface area contributed by atoms with Crippen molar-refractivity contribution in [1.82, 2.24) is 0 Å². The average molecular weight is 248 g/mol. The van der Waals surface area contributed by atoms with Crippen LogP contribution < -0.4 is 45.9 Å². The summed E-state index contributed by atoms with van der Waals surface area (Å²) in [6.45, 7) is 0.758. The Kier molecular flexibility index (Phi) is 7.05. The Morgan fingerprint density at radius 3 is 0.824 bits per heavy atom. The molecule has 0 aromatic heterocycles. The number of hydrogen-bond acceptors (Lipinski definition) is 8. The van der Waals surface area contributed by atoms with Gasteiger partial charge in [-0.05, 0) is 0 Å². The number of nitrogens with two attached hydrogens (primary N) is 8. The van der Waals surface area contributed by atoms with Gasteiger partial charge in [-0.15, -0.1) is 0 Å². The first-order valence-corrected chi connectivity index (χ1v) is 5.75. The van der Waals surface area contributed by atoms with Gasteiger partial charge < -0.3 is 45.9 Å². The lowest BCUT2D eigenvalue weighted by atomic mass is 9.64. The van der Waals surface area contributed by atoms with E-state index >= 15 is 0 Å². The molecule has 0 aliphatic rings. The molecule has 17 heavy (non-hydrogen) atoms. The Morgan fingerprint density at radius 2 is 0.706 bits per heavy atom. The van der Waals surface area contributed by atoms with Gasteiger partial charge >= 0.3 is 0 Å². The summed E-state index contributed by atoms with van der Waals surface area (Å²) < 4.78 is 0. The van der Waals surface area contributed by atoms with E-state index in [4.69, 9.17) is 45.9 Å². The summed E-state index contributed by atoms with van der Waals surface area (Å²) in [5.41, 5.74) is 45.8. The van der Waals surface area contributed by atoms with Gasteiger partial charge in [0.15, 0.2) is 0 Å². The summed E-state index contributed by atoms with van der Waals surface area (Å²) in [5.74, 6) is 0. The van der Waals surface area contributed by atoms with Crippen molar-refractivity contribution in [3.63, 3.8) is 0 Å². The van der Waals surface area contributed by atoms with Crippen molar-refractivity contribution in [3.8, 4) is 0 Å². The lowest BCUT2D eigenvalue weighted by molar-refractivity contribution is 0.100. The predicted octanol–water partition coefficient (Wildman–Crippen LogP) is -4.88. The van der Waals surface area contributed by atoms with Crippen LogP contribution in [0.2, 0.25) is 0 Å². The van der Waals surface area contributed by atoms with Crippen molar-refractivity contribution in [1.29, 1.82) is 0 Å². The molecule has 0 fully saturated rings. The Bertz CT molecular complexity index is 166. The van der Waals surface area contributed by atoms with Crippen LogP contribution in [0.1, 0.15) is 0 Å². The minimum Gasteiger partial charge on any atom is -0.329 e. The Hall–Kier alpha value is -0.320. The second-order valence-electron chi connectivity index (χ2n) is 4.37. The van der Waals surface area contributed by atoms with Crippen LogP contribution in [-0.4, -0.2) is 50.3 Å². The molecule has 0 aliphatic carbocycles. The molecular formula is C9H28N8. The van der Waals surface area contributed by atoms with Crippen LogP contribution in [0.3, 0.4) is 0 Å². The summed E-state index contributed by atoms with van der Waals surface area (Å²) in [4.78, 5) is 0. The Labute approximate surface area is 102 Å². The highest BCUT2D eigenvalue weighted by molar-refractivity contribution is 5.10. The van der Waals surface area contributed by atoms with E-state index in [1.54, 1.807) is 0 Å². The third kappa shape index (κ3) is 2.92. The lowest BCUT2D eigenvalue weighted by Crippen LogP contribution is -2.75. The van der Waals surface area contributed by atoms with Gasteiger partial charge in [-0.1, -0.05) is 0 Å². The van der Waals surface area contributed by atoms with Crippen molar-refractivity contribution in [3.05, 3.63) is 0 Å². The van der Waals surface area contributed by atoms with Gasteiger partial charge in [0.1, 0.15) is 0 Å². The van der Waals surface area contributed by atoms with Gasteiger partial charge in [0, 0.05) is 55.8 Å². The second kappa shape index (κ2) is 7.19. The maximum absolute atomic E-state index is 6.05. The van der Waals surface area contributed by atoms with Crippen molar-refractivity contribution in [2.24, 2.45) is 51.3 Å². The lowest BCUT2D eigenvalue weighted by Gasteiger charge is -2.50. The fraction of sp³-hybridized carbons (Fsp3) is 1.00. The van der Waals surface area contributed by atoms with Crippen LogP contribution in [0, 0.1) is 5.41 Å². The van der Waals surface area contributed by atoms with E-state index < -0.39 is 29.6 Å². The Balaban J connectivity index is 5.51. The minimum atomic E-state index is -0.854. The minimum absolute atomic E-state index is 0.190. The van der Waals surface area contributed by atoms with E-state index in [0.29, 0.717) is 0 Å². The van der Waals surface area contributed by atoms with E-state index in [1.807, 2.05) is 0 Å². The fourth-order valence-corrected chi connectivity index (χ4v) is 2.47. The van der Waals surface area contributed by atoms with Gasteiger partial charge in [-0.25, -0.2) is 0 Å². The molecule has 104 valence electrons. The zero-order valence-electron chi connectivity index (χ0n) is 10.3. The third-order valence-electron chi connectivity index (χ3n) is 3.58. The maximum Gasteiger partial charge on any atom is 0.0356 e. The highest BCUT2D eigenvalue weighted by Crippen LogP contribution is 2.30. The van der Waals surface area contributed by atoms with Gasteiger partial charge in [0.25, 0.3) is 0 Å². The van der Waals surface area contributed by atoms with Crippen LogP contribution in [0.5, 0.6) is 0 Å². The van der Waals surface area contributed by atoms with Crippen LogP contribution in [0.15, 0.2) is 0 Å². The summed E-state index contributed by atoms with van der Waals surface area (Å²) in [6.07, 6.45) is 0. The monoisotopic (exact) mass is 248 g/mol. The van der Waals surface area contributed by atoms with Crippen LogP contribution in [-0.2, 0) is 0 Å². The van der Waals surface area contributed by atoms with Gasteiger partial charge in [0.2, 0.25) is 0 Å². The van der Waals surface area contributed by atoms with Gasteiger partial charge in [0.05, 0.1) is 0 Å². The van der Waals surface area contributed by atoms with Crippen molar-refractivity contribution in [2.45, 2.75) is 24.2 Å². The summed E-state index contributed by atoms with van der Waals surface area (Å²) in [5, 5.41) is 0. The van der Waals surface area contributed by atoms with Crippen molar-refractivity contribution in [2.75, 3.05) is 26.2 Å². The first-order valence-electron chi connectivity index (χ1n) is 5.75. The molecular weight excluding hydrogens is 220 g/mol. The first kappa shape index (κ1) is 16.7. The van der Waals surface area contributed by atoms with E-state index in [9.17, 15) is 0 Å². The third-order valence-corrected chi connectivity index (χ3v) is 3.58. The van der Waals surface area contributed by atoms with E-state index in [1.165, 1.54) is 0 Å². The average Bonchev–Trinajstić information content (AvgIpc) is 2.37. The molecule has 0 aromatic rings.